The van der Waals surface area contributed by atoms with Crippen molar-refractivity contribution in [2.75, 3.05) is 5.88 Å². The molecule has 2 nitrogen and oxygen atoms in total. The summed E-state index contributed by atoms with van der Waals surface area (Å²) in [4.78, 5) is 4.51. The van der Waals surface area contributed by atoms with Crippen molar-refractivity contribution in [2.24, 2.45) is 0 Å². The monoisotopic (exact) mass is 308 g/mol. The molecule has 0 saturated carbocycles. The van der Waals surface area contributed by atoms with Crippen molar-refractivity contribution in [3.8, 4) is 5.69 Å². The fraction of sp³-hybridized carbons (Fsp3) is 0.133. The molecular formula is C15H11Cl2FN2. The molecule has 0 bridgehead atoms. The van der Waals surface area contributed by atoms with E-state index in [1.54, 1.807) is 6.07 Å². The molecule has 0 N–H and O–H groups in total. The first kappa shape index (κ1) is 13.4. The smallest absolute Gasteiger partial charge is 0.144 e. The van der Waals surface area contributed by atoms with Gasteiger partial charge in [-0.1, -0.05) is 29.8 Å². The molecule has 0 aliphatic heterocycles. The molecule has 0 aliphatic carbocycles. The van der Waals surface area contributed by atoms with Gasteiger partial charge in [-0.25, -0.2) is 9.37 Å². The Kier molecular flexibility index (Phi) is 3.64. The second-order valence-electron chi connectivity index (χ2n) is 4.39. The topological polar surface area (TPSA) is 17.8 Å². The van der Waals surface area contributed by atoms with Gasteiger partial charge in [-0.3, -0.25) is 4.57 Å². The summed E-state index contributed by atoms with van der Waals surface area (Å²) in [6.07, 6.45) is 0.602. The second kappa shape index (κ2) is 5.43. The van der Waals surface area contributed by atoms with E-state index in [0.29, 0.717) is 23.3 Å². The summed E-state index contributed by atoms with van der Waals surface area (Å²) in [7, 11) is 0. The molecule has 5 heteroatoms. The van der Waals surface area contributed by atoms with E-state index >= 15 is 0 Å². The van der Waals surface area contributed by atoms with E-state index < -0.39 is 5.82 Å². The average molecular weight is 309 g/mol. The molecule has 0 atom stereocenters. The highest BCUT2D eigenvalue weighted by molar-refractivity contribution is 6.31. The molecule has 0 saturated heterocycles. The van der Waals surface area contributed by atoms with Crippen molar-refractivity contribution in [2.45, 2.75) is 6.42 Å². The number of hydrogen-bond donors (Lipinski definition) is 0. The Morgan fingerprint density at radius 2 is 1.90 bits per heavy atom. The van der Waals surface area contributed by atoms with Gasteiger partial charge in [-0.15, -0.1) is 11.6 Å². The molecule has 0 radical (unpaired) electrons. The third-order valence-corrected chi connectivity index (χ3v) is 3.58. The summed E-state index contributed by atoms with van der Waals surface area (Å²) in [5.41, 5.74) is 2.29. The van der Waals surface area contributed by atoms with Crippen LogP contribution in [0.4, 0.5) is 4.39 Å². The van der Waals surface area contributed by atoms with Gasteiger partial charge in [-0.2, -0.15) is 0 Å². The number of para-hydroxylation sites is 1. The molecule has 1 aromatic heterocycles. The molecule has 0 amide bonds. The number of aromatic nitrogens is 2. The number of aryl methyl sites for hydroxylation is 1. The molecule has 3 rings (SSSR count). The predicted octanol–water partition coefficient (Wildman–Crippen LogP) is 4.60. The second-order valence-corrected chi connectivity index (χ2v) is 5.18. The Morgan fingerprint density at radius 1 is 1.15 bits per heavy atom. The highest BCUT2D eigenvalue weighted by Crippen LogP contribution is 2.26. The van der Waals surface area contributed by atoms with E-state index in [4.69, 9.17) is 23.2 Å². The van der Waals surface area contributed by atoms with Gasteiger partial charge in [0.15, 0.2) is 0 Å². The van der Waals surface area contributed by atoms with Gasteiger partial charge in [0.2, 0.25) is 0 Å². The summed E-state index contributed by atoms with van der Waals surface area (Å²) in [6, 6.07) is 12.6. The molecule has 0 aliphatic rings. The van der Waals surface area contributed by atoms with Crippen LogP contribution in [-0.2, 0) is 6.42 Å². The zero-order valence-electron chi connectivity index (χ0n) is 10.5. The molecule has 0 spiro atoms. The van der Waals surface area contributed by atoms with Gasteiger partial charge in [0.1, 0.15) is 11.6 Å². The van der Waals surface area contributed by atoms with Gasteiger partial charge >= 0.3 is 0 Å². The summed E-state index contributed by atoms with van der Waals surface area (Å²) < 4.78 is 15.7. The fourth-order valence-corrected chi connectivity index (χ4v) is 2.57. The van der Waals surface area contributed by atoms with Crippen LogP contribution >= 0.6 is 23.2 Å². The van der Waals surface area contributed by atoms with Crippen molar-refractivity contribution in [3.05, 3.63) is 59.1 Å². The number of rotatable bonds is 3. The molecule has 3 aromatic rings. The standard InChI is InChI=1S/C15H11Cl2FN2/c16-7-6-15-19-13-8-11(17)12(18)9-14(13)20(15)10-4-2-1-3-5-10/h1-5,8-9H,6-7H2. The lowest BCUT2D eigenvalue weighted by Gasteiger charge is -2.08. The van der Waals surface area contributed by atoms with Crippen LogP contribution in [0.5, 0.6) is 0 Å². The summed E-state index contributed by atoms with van der Waals surface area (Å²) in [6.45, 7) is 0. The number of fused-ring (bicyclic) bond motifs is 1. The Labute approximate surface area is 125 Å². The van der Waals surface area contributed by atoms with Crippen LogP contribution in [0.15, 0.2) is 42.5 Å². The van der Waals surface area contributed by atoms with Gasteiger partial charge < -0.3 is 0 Å². The number of hydrogen-bond acceptors (Lipinski definition) is 1. The summed E-state index contributed by atoms with van der Waals surface area (Å²) in [5.74, 6) is 0.795. The molecule has 0 unspecified atom stereocenters. The molecule has 102 valence electrons. The molecule has 1 heterocycles. The van der Waals surface area contributed by atoms with Crippen LogP contribution in [0, 0.1) is 5.82 Å². The van der Waals surface area contributed by atoms with Crippen LogP contribution in [-0.4, -0.2) is 15.4 Å². The van der Waals surface area contributed by atoms with Crippen LogP contribution in [0.3, 0.4) is 0 Å². The number of nitrogens with zero attached hydrogens (tertiary/aromatic N) is 2. The third-order valence-electron chi connectivity index (χ3n) is 3.10. The van der Waals surface area contributed by atoms with Crippen LogP contribution < -0.4 is 0 Å². The van der Waals surface area contributed by atoms with Crippen molar-refractivity contribution < 1.29 is 4.39 Å². The third kappa shape index (κ3) is 2.28. The quantitative estimate of drug-likeness (QED) is 0.647. The van der Waals surface area contributed by atoms with E-state index in [-0.39, 0.29) is 5.02 Å². The average Bonchev–Trinajstić information content (AvgIpc) is 2.78. The van der Waals surface area contributed by atoms with E-state index in [1.807, 2.05) is 34.9 Å². The van der Waals surface area contributed by atoms with Gasteiger partial charge in [0.05, 0.1) is 16.1 Å². The minimum absolute atomic E-state index is 0.0765. The first-order valence-corrected chi connectivity index (χ1v) is 7.09. The SMILES string of the molecule is Fc1cc2c(cc1Cl)nc(CCCl)n2-c1ccccc1. The van der Waals surface area contributed by atoms with Crippen LogP contribution in [0.25, 0.3) is 16.7 Å². The Hall–Kier alpha value is -1.58. The Balaban J connectivity index is 2.32. The highest BCUT2D eigenvalue weighted by Gasteiger charge is 2.14. The molecule has 20 heavy (non-hydrogen) atoms. The summed E-state index contributed by atoms with van der Waals surface area (Å²) >= 11 is 11.7. The minimum atomic E-state index is -0.450. The van der Waals surface area contributed by atoms with Crippen molar-refractivity contribution in [1.29, 1.82) is 0 Å². The van der Waals surface area contributed by atoms with E-state index in [1.165, 1.54) is 6.07 Å². The normalized spacial score (nSPS) is 11.2. The Bertz CT molecular complexity index is 753. The number of benzene rings is 2. The number of halogens is 3. The zero-order valence-corrected chi connectivity index (χ0v) is 12.0. The lowest BCUT2D eigenvalue weighted by molar-refractivity contribution is 0.629. The van der Waals surface area contributed by atoms with Crippen molar-refractivity contribution >= 4 is 34.2 Å². The lowest BCUT2D eigenvalue weighted by Crippen LogP contribution is -2.02. The predicted molar refractivity (Wildman–Crippen MR) is 80.5 cm³/mol. The maximum Gasteiger partial charge on any atom is 0.144 e. The fourth-order valence-electron chi connectivity index (χ4n) is 2.24. The van der Waals surface area contributed by atoms with Gasteiger partial charge in [-0.05, 0) is 18.2 Å². The Morgan fingerprint density at radius 3 is 2.60 bits per heavy atom. The lowest BCUT2D eigenvalue weighted by atomic mass is 10.2. The van der Waals surface area contributed by atoms with Gasteiger partial charge in [0.25, 0.3) is 0 Å². The number of imidazole rings is 1. The van der Waals surface area contributed by atoms with Gasteiger partial charge in [0, 0.05) is 24.1 Å². The molecule has 2 aromatic carbocycles. The maximum absolute atomic E-state index is 13.7. The summed E-state index contributed by atoms with van der Waals surface area (Å²) in [5, 5.41) is 0.0765. The largest absolute Gasteiger partial charge is 0.296 e. The van der Waals surface area contributed by atoms with Crippen molar-refractivity contribution in [3.63, 3.8) is 0 Å². The maximum atomic E-state index is 13.7. The van der Waals surface area contributed by atoms with E-state index in [9.17, 15) is 4.39 Å². The zero-order chi connectivity index (χ0) is 14.1. The van der Waals surface area contributed by atoms with E-state index in [0.717, 1.165) is 11.5 Å². The van der Waals surface area contributed by atoms with E-state index in [2.05, 4.69) is 4.98 Å². The first-order valence-electron chi connectivity index (χ1n) is 6.18. The van der Waals surface area contributed by atoms with Crippen LogP contribution in [0.1, 0.15) is 5.82 Å². The minimum Gasteiger partial charge on any atom is -0.296 e. The first-order chi connectivity index (χ1) is 9.70. The van der Waals surface area contributed by atoms with Crippen LogP contribution in [0.2, 0.25) is 5.02 Å². The number of alkyl halides is 1. The van der Waals surface area contributed by atoms with Crippen molar-refractivity contribution in [1.82, 2.24) is 9.55 Å². The highest BCUT2D eigenvalue weighted by atomic mass is 35.5. The molecule has 0 fully saturated rings. The molecular weight excluding hydrogens is 298 g/mol.